The van der Waals surface area contributed by atoms with Gasteiger partial charge in [-0.15, -0.1) is 11.3 Å². The van der Waals surface area contributed by atoms with Gasteiger partial charge in [0.15, 0.2) is 0 Å². The van der Waals surface area contributed by atoms with Crippen LogP contribution in [0.2, 0.25) is 0 Å². The third-order valence-electron chi connectivity index (χ3n) is 6.40. The second-order valence-electron chi connectivity index (χ2n) is 8.66. The normalized spacial score (nSPS) is 11.2. The van der Waals surface area contributed by atoms with Gasteiger partial charge in [0.25, 0.3) is 0 Å². The molecule has 6 rings (SSSR count). The second kappa shape index (κ2) is 9.36. The van der Waals surface area contributed by atoms with E-state index in [1.165, 1.54) is 4.88 Å². The van der Waals surface area contributed by atoms with Crippen LogP contribution < -0.4 is 10.5 Å². The van der Waals surface area contributed by atoms with E-state index in [0.717, 1.165) is 44.2 Å². The SMILES string of the molecule is NC(=O)c1cccc2c1c1[c]cc(-c3cccs3)cc1n2Cc1ccccc1OCc1ccccc1. The largest absolute Gasteiger partial charge is 0.489 e. The Balaban J connectivity index is 1.49. The number of ether oxygens (including phenoxy) is 1. The fraction of sp³-hybridized carbons (Fsp3) is 0.0645. The summed E-state index contributed by atoms with van der Waals surface area (Å²) in [4.78, 5) is 13.5. The Morgan fingerprint density at radius 3 is 2.56 bits per heavy atom. The maximum atomic E-state index is 12.3. The second-order valence-corrected chi connectivity index (χ2v) is 9.61. The Kier molecular flexibility index (Phi) is 5.76. The zero-order valence-electron chi connectivity index (χ0n) is 19.5. The highest BCUT2D eigenvalue weighted by molar-refractivity contribution is 7.13. The predicted octanol–water partition coefficient (Wildman–Crippen LogP) is 7.05. The van der Waals surface area contributed by atoms with Crippen molar-refractivity contribution >= 4 is 39.0 Å². The highest BCUT2D eigenvalue weighted by atomic mass is 32.1. The first kappa shape index (κ1) is 22.1. The Bertz CT molecular complexity index is 1690. The van der Waals surface area contributed by atoms with E-state index in [4.69, 9.17) is 10.5 Å². The van der Waals surface area contributed by atoms with Gasteiger partial charge in [0.2, 0.25) is 5.91 Å². The molecule has 0 unspecified atom stereocenters. The number of primary amides is 1. The van der Waals surface area contributed by atoms with E-state index in [1.54, 1.807) is 17.4 Å². The molecule has 5 heteroatoms. The number of benzene rings is 4. The van der Waals surface area contributed by atoms with E-state index in [1.807, 2.05) is 60.7 Å². The van der Waals surface area contributed by atoms with E-state index in [2.05, 4.69) is 46.3 Å². The predicted molar refractivity (Wildman–Crippen MR) is 146 cm³/mol. The van der Waals surface area contributed by atoms with Gasteiger partial charge in [-0.1, -0.05) is 60.7 Å². The summed E-state index contributed by atoms with van der Waals surface area (Å²) in [5.74, 6) is 0.391. The summed E-state index contributed by atoms with van der Waals surface area (Å²) in [5, 5.41) is 3.79. The van der Waals surface area contributed by atoms with E-state index >= 15 is 0 Å². The number of amides is 1. The van der Waals surface area contributed by atoms with Crippen molar-refractivity contribution in [2.24, 2.45) is 5.73 Å². The number of fused-ring (bicyclic) bond motifs is 3. The molecule has 1 radical (unpaired) electrons. The summed E-state index contributed by atoms with van der Waals surface area (Å²) in [6.45, 7) is 1.07. The summed E-state index contributed by atoms with van der Waals surface area (Å²) in [6, 6.07) is 35.7. The molecule has 0 saturated heterocycles. The van der Waals surface area contributed by atoms with Crippen LogP contribution in [0, 0.1) is 6.07 Å². The lowest BCUT2D eigenvalue weighted by atomic mass is 10.0. The molecule has 6 aromatic rings. The van der Waals surface area contributed by atoms with Crippen LogP contribution in [0.25, 0.3) is 32.2 Å². The molecule has 0 aliphatic rings. The Morgan fingerprint density at radius 2 is 1.75 bits per heavy atom. The zero-order chi connectivity index (χ0) is 24.5. The molecule has 0 bridgehead atoms. The first-order valence-corrected chi connectivity index (χ1v) is 12.6. The van der Waals surface area contributed by atoms with Crippen LogP contribution in [0.3, 0.4) is 0 Å². The quantitative estimate of drug-likeness (QED) is 0.262. The lowest BCUT2D eigenvalue weighted by Crippen LogP contribution is -2.11. The average molecular weight is 488 g/mol. The molecule has 0 fully saturated rings. The van der Waals surface area contributed by atoms with Crippen molar-refractivity contribution in [3.8, 4) is 16.2 Å². The minimum absolute atomic E-state index is 0.443. The van der Waals surface area contributed by atoms with Crippen LogP contribution in [-0.4, -0.2) is 10.5 Å². The molecule has 4 nitrogen and oxygen atoms in total. The first-order chi connectivity index (χ1) is 17.7. The van der Waals surface area contributed by atoms with Crippen LogP contribution in [0.5, 0.6) is 5.75 Å². The van der Waals surface area contributed by atoms with E-state index in [-0.39, 0.29) is 0 Å². The molecule has 2 aromatic heterocycles. The molecule has 175 valence electrons. The number of thiophene rings is 1. The summed E-state index contributed by atoms with van der Waals surface area (Å²) in [5.41, 5.74) is 11.5. The highest BCUT2D eigenvalue weighted by Gasteiger charge is 2.18. The van der Waals surface area contributed by atoms with Gasteiger partial charge in [-0.05, 0) is 59.0 Å². The number of carbonyl (C=O) groups excluding carboxylic acids is 1. The van der Waals surface area contributed by atoms with Crippen molar-refractivity contribution < 1.29 is 9.53 Å². The van der Waals surface area contributed by atoms with Gasteiger partial charge < -0.3 is 15.0 Å². The number of aromatic nitrogens is 1. The smallest absolute Gasteiger partial charge is 0.249 e. The Morgan fingerprint density at radius 1 is 0.917 bits per heavy atom. The van der Waals surface area contributed by atoms with Crippen LogP contribution in [0.15, 0.2) is 102 Å². The van der Waals surface area contributed by atoms with Crippen molar-refractivity contribution in [3.63, 3.8) is 0 Å². The molecule has 2 heterocycles. The molecule has 4 aromatic carbocycles. The molecule has 2 N–H and O–H groups in total. The van der Waals surface area contributed by atoms with Crippen molar-refractivity contribution in [1.82, 2.24) is 4.57 Å². The van der Waals surface area contributed by atoms with Gasteiger partial charge in [-0.3, -0.25) is 4.79 Å². The first-order valence-electron chi connectivity index (χ1n) is 11.7. The van der Waals surface area contributed by atoms with Crippen molar-refractivity contribution in [2.75, 3.05) is 0 Å². The number of hydrogen-bond acceptors (Lipinski definition) is 3. The molecule has 0 spiro atoms. The minimum atomic E-state index is -0.443. The number of rotatable bonds is 7. The number of nitrogens with two attached hydrogens (primary N) is 1. The molecular weight excluding hydrogens is 464 g/mol. The van der Waals surface area contributed by atoms with Crippen LogP contribution in [0.1, 0.15) is 21.5 Å². The van der Waals surface area contributed by atoms with Gasteiger partial charge in [-0.2, -0.15) is 0 Å². The maximum absolute atomic E-state index is 12.3. The average Bonchev–Trinajstić information content (AvgIpc) is 3.56. The molecule has 1 amide bonds. The van der Waals surface area contributed by atoms with Gasteiger partial charge in [0.05, 0.1) is 17.6 Å². The van der Waals surface area contributed by atoms with E-state index in [9.17, 15) is 4.79 Å². The van der Waals surface area contributed by atoms with Crippen molar-refractivity contribution in [1.29, 1.82) is 0 Å². The summed E-state index contributed by atoms with van der Waals surface area (Å²) in [7, 11) is 0. The highest BCUT2D eigenvalue weighted by Crippen LogP contribution is 2.36. The molecule has 0 atom stereocenters. The Labute approximate surface area is 213 Å². The zero-order valence-corrected chi connectivity index (χ0v) is 20.3. The number of carbonyl (C=O) groups is 1. The molecule has 0 aliphatic carbocycles. The van der Waals surface area contributed by atoms with Crippen LogP contribution in [-0.2, 0) is 13.2 Å². The standard InChI is InChI=1S/C31H23N2O2S/c32-31(34)25-11-6-12-26-30(25)24-16-15-22(29-14-7-17-36-29)18-27(24)33(26)19-23-10-4-5-13-28(23)35-20-21-8-2-1-3-9-21/h1-15,17-18H,19-20H2,(H2,32,34). The van der Waals surface area contributed by atoms with Gasteiger partial charge in [-0.25, -0.2) is 0 Å². The van der Waals surface area contributed by atoms with Crippen molar-refractivity contribution in [2.45, 2.75) is 13.2 Å². The van der Waals surface area contributed by atoms with Crippen LogP contribution in [0.4, 0.5) is 0 Å². The van der Waals surface area contributed by atoms with E-state index in [0.29, 0.717) is 18.7 Å². The molecule has 0 aliphatic heterocycles. The lowest BCUT2D eigenvalue weighted by Gasteiger charge is -2.14. The minimum Gasteiger partial charge on any atom is -0.489 e. The summed E-state index contributed by atoms with van der Waals surface area (Å²) >= 11 is 1.69. The fourth-order valence-corrected chi connectivity index (χ4v) is 5.41. The van der Waals surface area contributed by atoms with Gasteiger partial charge in [0, 0.05) is 26.8 Å². The molecule has 0 saturated carbocycles. The third-order valence-corrected chi connectivity index (χ3v) is 7.32. The molecular formula is C31H23N2O2S. The summed E-state index contributed by atoms with van der Waals surface area (Å²) in [6.07, 6.45) is 0. The van der Waals surface area contributed by atoms with E-state index < -0.39 is 5.91 Å². The fourth-order valence-electron chi connectivity index (χ4n) is 4.70. The van der Waals surface area contributed by atoms with Gasteiger partial charge in [0.1, 0.15) is 12.4 Å². The maximum Gasteiger partial charge on any atom is 0.249 e. The summed E-state index contributed by atoms with van der Waals surface area (Å²) < 4.78 is 8.48. The molecule has 36 heavy (non-hydrogen) atoms. The lowest BCUT2D eigenvalue weighted by molar-refractivity contribution is 0.100. The van der Waals surface area contributed by atoms with Crippen molar-refractivity contribution in [3.05, 3.63) is 125 Å². The van der Waals surface area contributed by atoms with Crippen LogP contribution >= 0.6 is 11.3 Å². The topological polar surface area (TPSA) is 57.2 Å². The number of hydrogen-bond donors (Lipinski definition) is 1. The Hall–Kier alpha value is -4.35. The number of nitrogens with zero attached hydrogens (tertiary/aromatic N) is 1. The number of para-hydroxylation sites is 1. The third kappa shape index (κ3) is 4.04. The van der Waals surface area contributed by atoms with Gasteiger partial charge >= 0.3 is 0 Å². The monoisotopic (exact) mass is 487 g/mol.